The zero-order valence-corrected chi connectivity index (χ0v) is 17.5. The summed E-state index contributed by atoms with van der Waals surface area (Å²) in [4.78, 5) is 28.2. The topological polar surface area (TPSA) is 102 Å². The zero-order chi connectivity index (χ0) is 23.4. The Morgan fingerprint density at radius 3 is 2.55 bits per heavy atom. The Hall–Kier alpha value is -4.46. The number of aliphatic carboxylic acids is 1. The van der Waals surface area contributed by atoms with Gasteiger partial charge in [0.05, 0.1) is 7.11 Å². The maximum absolute atomic E-state index is 13.8. The number of halogens is 1. The Labute approximate surface area is 188 Å². The molecule has 3 aromatic carbocycles. The number of ether oxygens (including phenoxy) is 1. The van der Waals surface area contributed by atoms with E-state index in [9.17, 15) is 19.1 Å². The normalized spacial score (nSPS) is 12.1. The van der Waals surface area contributed by atoms with Crippen molar-refractivity contribution in [2.24, 2.45) is 0 Å². The van der Waals surface area contributed by atoms with Crippen LogP contribution in [0.4, 0.5) is 10.1 Å². The van der Waals surface area contributed by atoms with Crippen molar-refractivity contribution in [2.45, 2.75) is 5.92 Å². The number of rotatable bonds is 7. The lowest BCUT2D eigenvalue weighted by molar-refractivity contribution is -0.137. The van der Waals surface area contributed by atoms with E-state index in [-0.39, 0.29) is 5.75 Å². The van der Waals surface area contributed by atoms with Crippen LogP contribution < -0.4 is 10.1 Å². The number of benzene rings is 3. The molecule has 0 spiro atoms. The fourth-order valence-electron chi connectivity index (χ4n) is 3.43. The molecule has 0 saturated carbocycles. The Morgan fingerprint density at radius 1 is 1.09 bits per heavy atom. The van der Waals surface area contributed by atoms with Crippen molar-refractivity contribution >= 4 is 34.7 Å². The number of hydrogen-bond acceptors (Lipinski definition) is 5. The van der Waals surface area contributed by atoms with E-state index in [1.54, 1.807) is 48.5 Å². The van der Waals surface area contributed by atoms with Gasteiger partial charge in [-0.3, -0.25) is 9.59 Å². The lowest BCUT2D eigenvalue weighted by Gasteiger charge is -2.13. The molecule has 0 fully saturated rings. The van der Waals surface area contributed by atoms with Crippen molar-refractivity contribution in [2.75, 3.05) is 12.4 Å². The van der Waals surface area contributed by atoms with E-state index in [1.807, 2.05) is 0 Å². The van der Waals surface area contributed by atoms with E-state index in [1.165, 1.54) is 37.8 Å². The number of fused-ring (bicyclic) bond motifs is 1. The molecule has 1 unspecified atom stereocenters. The number of carbonyl (C=O) groups is 2. The highest BCUT2D eigenvalue weighted by molar-refractivity contribution is 6.02. The monoisotopic (exact) mass is 446 g/mol. The SMILES string of the molecule is COc1ccc(NC(=O)C=Cc2ccc(C(C(=O)O)c3ccc4ocnc4c3)cc2)cc1F. The molecule has 1 heterocycles. The van der Waals surface area contributed by atoms with Crippen molar-refractivity contribution in [1.82, 2.24) is 4.98 Å². The molecule has 4 aromatic rings. The van der Waals surface area contributed by atoms with Crippen LogP contribution in [0.15, 0.2) is 77.6 Å². The molecular weight excluding hydrogens is 427 g/mol. The largest absolute Gasteiger partial charge is 0.494 e. The van der Waals surface area contributed by atoms with Crippen LogP contribution in [0.1, 0.15) is 22.6 Å². The number of anilines is 1. The van der Waals surface area contributed by atoms with Crippen LogP contribution in [0, 0.1) is 5.82 Å². The first-order chi connectivity index (χ1) is 15.9. The maximum Gasteiger partial charge on any atom is 0.315 e. The molecule has 1 atom stereocenters. The van der Waals surface area contributed by atoms with Gasteiger partial charge in [-0.05, 0) is 47.0 Å². The molecule has 0 aliphatic rings. The smallest absolute Gasteiger partial charge is 0.315 e. The van der Waals surface area contributed by atoms with E-state index in [2.05, 4.69) is 10.3 Å². The second-order valence-electron chi connectivity index (χ2n) is 7.19. The van der Waals surface area contributed by atoms with Gasteiger partial charge in [0.15, 0.2) is 23.5 Å². The average molecular weight is 446 g/mol. The van der Waals surface area contributed by atoms with Gasteiger partial charge in [0.1, 0.15) is 11.4 Å². The van der Waals surface area contributed by atoms with Crippen LogP contribution in [0.3, 0.4) is 0 Å². The number of methoxy groups -OCH3 is 1. The number of carboxylic acids is 1. The maximum atomic E-state index is 13.8. The minimum absolute atomic E-state index is 0.0873. The molecule has 4 rings (SSSR count). The second-order valence-corrected chi connectivity index (χ2v) is 7.19. The van der Waals surface area contributed by atoms with Crippen LogP contribution in [0.25, 0.3) is 17.2 Å². The highest BCUT2D eigenvalue weighted by Crippen LogP contribution is 2.28. The van der Waals surface area contributed by atoms with Gasteiger partial charge < -0.3 is 19.6 Å². The van der Waals surface area contributed by atoms with Gasteiger partial charge >= 0.3 is 5.97 Å². The number of carbonyl (C=O) groups excluding carboxylic acids is 1. The van der Waals surface area contributed by atoms with E-state index in [0.29, 0.717) is 33.5 Å². The van der Waals surface area contributed by atoms with Crippen molar-refractivity contribution in [3.63, 3.8) is 0 Å². The molecule has 1 amide bonds. The summed E-state index contributed by atoms with van der Waals surface area (Å²) in [7, 11) is 1.36. The summed E-state index contributed by atoms with van der Waals surface area (Å²) >= 11 is 0. The van der Waals surface area contributed by atoms with E-state index >= 15 is 0 Å². The summed E-state index contributed by atoms with van der Waals surface area (Å²) in [6.07, 6.45) is 4.20. The van der Waals surface area contributed by atoms with Crippen molar-refractivity contribution < 1.29 is 28.2 Å². The van der Waals surface area contributed by atoms with Crippen molar-refractivity contribution in [1.29, 1.82) is 0 Å². The van der Waals surface area contributed by atoms with Gasteiger partial charge in [0.2, 0.25) is 5.91 Å². The highest BCUT2D eigenvalue weighted by Gasteiger charge is 2.22. The number of amides is 1. The van der Waals surface area contributed by atoms with Crippen molar-refractivity contribution in [3.8, 4) is 5.75 Å². The molecule has 7 nitrogen and oxygen atoms in total. The predicted octanol–water partition coefficient (Wildman–Crippen LogP) is 4.84. The molecule has 8 heteroatoms. The van der Waals surface area contributed by atoms with Crippen LogP contribution >= 0.6 is 0 Å². The number of oxazole rings is 1. The highest BCUT2D eigenvalue weighted by atomic mass is 19.1. The Kier molecular flexibility index (Phi) is 6.17. The van der Waals surface area contributed by atoms with Gasteiger partial charge in [-0.2, -0.15) is 0 Å². The molecule has 0 aliphatic carbocycles. The molecule has 0 bridgehead atoms. The second kappa shape index (κ2) is 9.35. The van der Waals surface area contributed by atoms with Crippen LogP contribution in [0.5, 0.6) is 5.75 Å². The fraction of sp³-hybridized carbons (Fsp3) is 0.0800. The Balaban J connectivity index is 1.47. The van der Waals surface area contributed by atoms with Gasteiger partial charge in [-0.15, -0.1) is 0 Å². The molecule has 0 radical (unpaired) electrons. The minimum Gasteiger partial charge on any atom is -0.494 e. The average Bonchev–Trinajstić information content (AvgIpc) is 3.27. The van der Waals surface area contributed by atoms with Gasteiger partial charge in [0, 0.05) is 17.8 Å². The zero-order valence-electron chi connectivity index (χ0n) is 17.5. The number of hydrogen-bond donors (Lipinski definition) is 2. The summed E-state index contributed by atoms with van der Waals surface area (Å²) in [5.74, 6) is -2.80. The van der Waals surface area contributed by atoms with Crippen LogP contribution in [0.2, 0.25) is 0 Å². The number of nitrogens with zero attached hydrogens (tertiary/aromatic N) is 1. The number of aromatic nitrogens is 1. The third-order valence-corrected chi connectivity index (χ3v) is 5.05. The summed E-state index contributed by atoms with van der Waals surface area (Å²) < 4.78 is 23.8. The van der Waals surface area contributed by atoms with E-state index in [0.717, 1.165) is 0 Å². The van der Waals surface area contributed by atoms with Crippen LogP contribution in [-0.4, -0.2) is 29.1 Å². The number of nitrogens with one attached hydrogen (secondary N) is 1. The lowest BCUT2D eigenvalue weighted by Crippen LogP contribution is -2.13. The molecule has 166 valence electrons. The Morgan fingerprint density at radius 2 is 1.85 bits per heavy atom. The molecular formula is C25H19FN2O5. The Bertz CT molecular complexity index is 1340. The summed E-state index contributed by atoms with van der Waals surface area (Å²) in [5, 5.41) is 12.4. The van der Waals surface area contributed by atoms with Crippen LogP contribution in [-0.2, 0) is 9.59 Å². The number of carboxylic acid groups (broad SMARTS) is 1. The lowest BCUT2D eigenvalue weighted by atomic mass is 9.90. The third-order valence-electron chi connectivity index (χ3n) is 5.05. The summed E-state index contributed by atoms with van der Waals surface area (Å²) in [6, 6.07) is 16.0. The third kappa shape index (κ3) is 4.90. The molecule has 33 heavy (non-hydrogen) atoms. The minimum atomic E-state index is -0.993. The standard InChI is InChI=1S/C25H19FN2O5/c1-32-21-10-8-18(13-19(21)26)28-23(29)11-4-15-2-5-16(6-3-15)24(25(30)31)17-7-9-22-20(12-17)27-14-33-22/h2-14,24H,1H3,(H,28,29)(H,30,31). The van der Waals surface area contributed by atoms with Gasteiger partial charge in [-0.25, -0.2) is 9.37 Å². The van der Waals surface area contributed by atoms with E-state index in [4.69, 9.17) is 9.15 Å². The first-order valence-electron chi connectivity index (χ1n) is 9.93. The van der Waals surface area contributed by atoms with E-state index < -0.39 is 23.6 Å². The predicted molar refractivity (Wildman–Crippen MR) is 121 cm³/mol. The molecule has 0 saturated heterocycles. The summed E-state index contributed by atoms with van der Waals surface area (Å²) in [6.45, 7) is 0. The quantitative estimate of drug-likeness (QED) is 0.394. The first-order valence-corrected chi connectivity index (χ1v) is 9.93. The van der Waals surface area contributed by atoms with Gasteiger partial charge in [-0.1, -0.05) is 30.3 Å². The van der Waals surface area contributed by atoms with Crippen molar-refractivity contribution in [3.05, 3.63) is 95.6 Å². The first kappa shape index (κ1) is 21.8. The molecule has 1 aromatic heterocycles. The van der Waals surface area contributed by atoms with Gasteiger partial charge in [0.25, 0.3) is 0 Å². The fourth-order valence-corrected chi connectivity index (χ4v) is 3.43. The summed E-state index contributed by atoms with van der Waals surface area (Å²) in [5.41, 5.74) is 3.33. The molecule has 0 aliphatic heterocycles. The molecule has 2 N–H and O–H groups in total.